The van der Waals surface area contributed by atoms with E-state index in [0.29, 0.717) is 12.1 Å². The van der Waals surface area contributed by atoms with Crippen LogP contribution in [0.25, 0.3) is 10.8 Å². The van der Waals surface area contributed by atoms with E-state index in [1.54, 1.807) is 7.11 Å². The Morgan fingerprint density at radius 3 is 2.45 bits per heavy atom. The molecule has 2 aromatic carbocycles. The minimum atomic E-state index is -0.787. The maximum absolute atomic E-state index is 11.5. The van der Waals surface area contributed by atoms with Crippen molar-refractivity contribution >= 4 is 10.8 Å². The zero-order chi connectivity index (χ0) is 15.3. The summed E-state index contributed by atoms with van der Waals surface area (Å²) < 4.78 is 5.62. The minimum Gasteiger partial charge on any atom is -0.496 e. The number of methoxy groups -OCH3 is 1. The molecule has 0 saturated carbocycles. The third-order valence-corrected chi connectivity index (χ3v) is 5.71. The predicted molar refractivity (Wildman–Crippen MR) is 88.2 cm³/mol. The van der Waals surface area contributed by atoms with Crippen LogP contribution in [0, 0.1) is 0 Å². The van der Waals surface area contributed by atoms with Crippen LogP contribution in [0.15, 0.2) is 36.4 Å². The van der Waals surface area contributed by atoms with Crippen molar-refractivity contribution in [1.29, 1.82) is 0 Å². The van der Waals surface area contributed by atoms with E-state index < -0.39 is 5.60 Å². The van der Waals surface area contributed by atoms with Crippen LogP contribution in [0.1, 0.15) is 31.2 Å². The summed E-state index contributed by atoms with van der Waals surface area (Å²) in [4.78, 5) is 2.45. The highest BCUT2D eigenvalue weighted by Crippen LogP contribution is 2.49. The molecule has 2 aliphatic rings. The van der Waals surface area contributed by atoms with Crippen LogP contribution in [0.2, 0.25) is 0 Å². The lowest BCUT2D eigenvalue weighted by molar-refractivity contribution is -0.0494. The summed E-state index contributed by atoms with van der Waals surface area (Å²) >= 11 is 0. The van der Waals surface area contributed by atoms with E-state index in [1.807, 2.05) is 18.2 Å². The topological polar surface area (TPSA) is 32.7 Å². The first-order valence-electron chi connectivity index (χ1n) is 8.13. The monoisotopic (exact) mass is 297 g/mol. The van der Waals surface area contributed by atoms with Crippen LogP contribution in [0.5, 0.6) is 5.75 Å². The molecule has 0 spiro atoms. The molecular weight excluding hydrogens is 274 g/mol. The molecule has 2 bridgehead atoms. The number of ether oxygens (including phenoxy) is 1. The van der Waals surface area contributed by atoms with Crippen LogP contribution < -0.4 is 4.74 Å². The fourth-order valence-corrected chi connectivity index (χ4v) is 4.55. The lowest BCUT2D eigenvalue weighted by Crippen LogP contribution is -2.47. The Labute approximate surface area is 131 Å². The summed E-state index contributed by atoms with van der Waals surface area (Å²) in [6.07, 6.45) is 3.97. The second-order valence-corrected chi connectivity index (χ2v) is 6.85. The van der Waals surface area contributed by atoms with Crippen molar-refractivity contribution < 1.29 is 9.84 Å². The van der Waals surface area contributed by atoms with Gasteiger partial charge in [-0.15, -0.1) is 0 Å². The van der Waals surface area contributed by atoms with Crippen LogP contribution in [0.3, 0.4) is 0 Å². The first-order chi connectivity index (χ1) is 10.6. The molecule has 116 valence electrons. The maximum atomic E-state index is 11.5. The van der Waals surface area contributed by atoms with Gasteiger partial charge in [-0.2, -0.15) is 0 Å². The predicted octanol–water partition coefficient (Wildman–Crippen LogP) is 3.29. The third-order valence-electron chi connectivity index (χ3n) is 5.71. The van der Waals surface area contributed by atoms with Gasteiger partial charge in [0.05, 0.1) is 12.7 Å². The second-order valence-electron chi connectivity index (χ2n) is 6.85. The van der Waals surface area contributed by atoms with Gasteiger partial charge in [-0.3, -0.25) is 0 Å². The smallest absolute Gasteiger partial charge is 0.125 e. The molecule has 0 aromatic heterocycles. The number of benzene rings is 2. The molecule has 0 aliphatic carbocycles. The number of aliphatic hydroxyl groups is 1. The van der Waals surface area contributed by atoms with Gasteiger partial charge in [-0.05, 0) is 49.6 Å². The van der Waals surface area contributed by atoms with Gasteiger partial charge >= 0.3 is 0 Å². The minimum absolute atomic E-state index is 0.479. The Bertz CT molecular complexity index is 698. The highest BCUT2D eigenvalue weighted by atomic mass is 16.5. The summed E-state index contributed by atoms with van der Waals surface area (Å²) in [5.41, 5.74) is 0.197. The van der Waals surface area contributed by atoms with E-state index in [-0.39, 0.29) is 0 Å². The number of piperidine rings is 1. The van der Waals surface area contributed by atoms with Gasteiger partial charge in [0.25, 0.3) is 0 Å². The molecule has 2 atom stereocenters. The van der Waals surface area contributed by atoms with E-state index >= 15 is 0 Å². The van der Waals surface area contributed by atoms with Crippen molar-refractivity contribution in [2.75, 3.05) is 14.2 Å². The van der Waals surface area contributed by atoms with Gasteiger partial charge in [-0.25, -0.2) is 0 Å². The summed E-state index contributed by atoms with van der Waals surface area (Å²) in [5, 5.41) is 13.8. The molecule has 2 fully saturated rings. The molecule has 3 nitrogen and oxygen atoms in total. The van der Waals surface area contributed by atoms with Crippen LogP contribution in [-0.4, -0.2) is 36.2 Å². The average molecular weight is 297 g/mol. The van der Waals surface area contributed by atoms with Crippen LogP contribution >= 0.6 is 0 Å². The molecule has 1 N–H and O–H groups in total. The van der Waals surface area contributed by atoms with Crippen molar-refractivity contribution in [3.63, 3.8) is 0 Å². The Balaban J connectivity index is 1.89. The molecule has 0 radical (unpaired) electrons. The molecule has 0 amide bonds. The van der Waals surface area contributed by atoms with Crippen molar-refractivity contribution in [3.05, 3.63) is 42.0 Å². The lowest BCUT2D eigenvalue weighted by atomic mass is 9.78. The lowest BCUT2D eigenvalue weighted by Gasteiger charge is -2.43. The molecule has 4 rings (SSSR count). The number of nitrogens with zero attached hydrogens (tertiary/aromatic N) is 1. The third kappa shape index (κ3) is 1.96. The van der Waals surface area contributed by atoms with Crippen LogP contribution in [0.4, 0.5) is 0 Å². The molecule has 2 heterocycles. The van der Waals surface area contributed by atoms with Gasteiger partial charge < -0.3 is 14.7 Å². The van der Waals surface area contributed by atoms with Crippen molar-refractivity contribution in [2.24, 2.45) is 0 Å². The van der Waals surface area contributed by atoms with Gasteiger partial charge in [0.1, 0.15) is 5.75 Å². The molecule has 3 heteroatoms. The zero-order valence-electron chi connectivity index (χ0n) is 13.2. The standard InChI is InChI=1S/C19H23NO2/c1-20-14-8-9-15(20)12-19(21,11-14)18-16-6-4-3-5-13(16)7-10-17(18)22-2/h3-7,10,14-15,21H,8-9,11-12H2,1-2H3. The van der Waals surface area contributed by atoms with E-state index in [0.717, 1.165) is 34.9 Å². The van der Waals surface area contributed by atoms with Crippen molar-refractivity contribution in [3.8, 4) is 5.75 Å². The average Bonchev–Trinajstić information content (AvgIpc) is 2.76. The Morgan fingerprint density at radius 1 is 1.09 bits per heavy atom. The largest absolute Gasteiger partial charge is 0.496 e. The number of hydrogen-bond acceptors (Lipinski definition) is 3. The molecular formula is C19H23NO2. The number of rotatable bonds is 2. The quantitative estimate of drug-likeness (QED) is 0.923. The summed E-state index contributed by atoms with van der Waals surface area (Å²) in [6.45, 7) is 0. The van der Waals surface area contributed by atoms with Crippen molar-refractivity contribution in [1.82, 2.24) is 4.90 Å². The Hall–Kier alpha value is -1.58. The van der Waals surface area contributed by atoms with Gasteiger partial charge in [0, 0.05) is 17.6 Å². The Kier molecular flexibility index (Phi) is 3.17. The normalized spacial score (nSPS) is 31.6. The second kappa shape index (κ2) is 4.97. The maximum Gasteiger partial charge on any atom is 0.125 e. The van der Waals surface area contributed by atoms with Crippen LogP contribution in [-0.2, 0) is 5.60 Å². The summed E-state index contributed by atoms with van der Waals surface area (Å²) in [5.74, 6) is 0.810. The van der Waals surface area contributed by atoms with Gasteiger partial charge in [0.15, 0.2) is 0 Å². The highest BCUT2D eigenvalue weighted by Gasteiger charge is 2.48. The molecule has 2 aromatic rings. The van der Waals surface area contributed by atoms with Gasteiger partial charge in [0.2, 0.25) is 0 Å². The molecule has 2 unspecified atom stereocenters. The van der Waals surface area contributed by atoms with E-state index in [2.05, 4.69) is 30.1 Å². The molecule has 2 aliphatic heterocycles. The highest BCUT2D eigenvalue weighted by molar-refractivity contribution is 5.88. The SMILES string of the molecule is COc1ccc2ccccc2c1C1(O)CC2CCC(C1)N2C. The van der Waals surface area contributed by atoms with E-state index in [9.17, 15) is 5.11 Å². The first-order valence-corrected chi connectivity index (χ1v) is 8.13. The zero-order valence-corrected chi connectivity index (χ0v) is 13.2. The summed E-state index contributed by atoms with van der Waals surface area (Å²) in [6, 6.07) is 13.3. The van der Waals surface area contributed by atoms with E-state index in [1.165, 1.54) is 12.8 Å². The molecule has 22 heavy (non-hydrogen) atoms. The number of hydrogen-bond donors (Lipinski definition) is 1. The first kappa shape index (κ1) is 14.0. The Morgan fingerprint density at radius 2 is 1.77 bits per heavy atom. The van der Waals surface area contributed by atoms with E-state index in [4.69, 9.17) is 4.74 Å². The fourth-order valence-electron chi connectivity index (χ4n) is 4.55. The van der Waals surface area contributed by atoms with Crippen molar-refractivity contribution in [2.45, 2.75) is 43.4 Å². The number of fused-ring (bicyclic) bond motifs is 3. The van der Waals surface area contributed by atoms with Gasteiger partial charge in [-0.1, -0.05) is 30.3 Å². The molecule has 2 saturated heterocycles. The fraction of sp³-hybridized carbons (Fsp3) is 0.474. The summed E-state index contributed by atoms with van der Waals surface area (Å²) in [7, 11) is 3.89.